The third-order valence-corrected chi connectivity index (χ3v) is 4.69. The first-order valence-corrected chi connectivity index (χ1v) is 9.05. The first-order chi connectivity index (χ1) is 13.6. The smallest absolute Gasteiger partial charge is 0.269 e. The number of aromatic nitrogens is 1. The third kappa shape index (κ3) is 3.84. The molecule has 1 aliphatic rings. The van der Waals surface area contributed by atoms with Crippen LogP contribution in [-0.2, 0) is 4.79 Å². The summed E-state index contributed by atoms with van der Waals surface area (Å²) in [5.41, 5.74) is 2.27. The number of rotatable bonds is 5. The molecule has 1 aliphatic heterocycles. The summed E-state index contributed by atoms with van der Waals surface area (Å²) in [6.45, 7) is 0.207. The molecule has 9 heteroatoms. The summed E-state index contributed by atoms with van der Waals surface area (Å²) in [4.78, 5) is 26.7. The van der Waals surface area contributed by atoms with Gasteiger partial charge in [0.05, 0.1) is 10.6 Å². The highest BCUT2D eigenvalue weighted by atomic mass is 32.1. The molecule has 0 aliphatic carbocycles. The molecule has 8 nitrogen and oxygen atoms in total. The van der Waals surface area contributed by atoms with Crippen molar-refractivity contribution >= 4 is 34.1 Å². The molecule has 1 aromatic heterocycles. The monoisotopic (exact) mass is 395 g/mol. The zero-order chi connectivity index (χ0) is 19.5. The van der Waals surface area contributed by atoms with Gasteiger partial charge in [0, 0.05) is 29.2 Å². The molecule has 0 unspecified atom stereocenters. The number of non-ortho nitro benzene ring substituents is 1. The minimum atomic E-state index is -0.472. The molecule has 0 spiro atoms. The maximum Gasteiger partial charge on any atom is 0.269 e. The van der Waals surface area contributed by atoms with Gasteiger partial charge >= 0.3 is 0 Å². The van der Waals surface area contributed by atoms with E-state index in [9.17, 15) is 14.9 Å². The van der Waals surface area contributed by atoms with Crippen LogP contribution >= 0.6 is 11.3 Å². The number of carbonyl (C=O) groups excluding carboxylic acids is 1. The van der Waals surface area contributed by atoms with Crippen molar-refractivity contribution in [2.45, 2.75) is 0 Å². The fraction of sp³-hybridized carbons (Fsp3) is 0.0526. The summed E-state index contributed by atoms with van der Waals surface area (Å²) in [7, 11) is 0. The molecule has 0 saturated carbocycles. The summed E-state index contributed by atoms with van der Waals surface area (Å²) in [6, 6.07) is 11.5. The highest BCUT2D eigenvalue weighted by Crippen LogP contribution is 2.36. The van der Waals surface area contributed by atoms with E-state index in [1.807, 2.05) is 23.6 Å². The Morgan fingerprint density at radius 1 is 1.18 bits per heavy atom. The zero-order valence-corrected chi connectivity index (χ0v) is 15.1. The van der Waals surface area contributed by atoms with Crippen molar-refractivity contribution < 1.29 is 19.2 Å². The Morgan fingerprint density at radius 3 is 2.75 bits per heavy atom. The second-order valence-electron chi connectivity index (χ2n) is 5.78. The van der Waals surface area contributed by atoms with E-state index in [4.69, 9.17) is 9.47 Å². The van der Waals surface area contributed by atoms with E-state index in [-0.39, 0.29) is 18.4 Å². The first kappa shape index (κ1) is 17.7. The van der Waals surface area contributed by atoms with E-state index in [1.54, 1.807) is 18.2 Å². The number of nitrogens with zero attached hydrogens (tertiary/aromatic N) is 2. The van der Waals surface area contributed by atoms with E-state index in [1.165, 1.54) is 29.5 Å². The Labute approximate surface area is 163 Å². The SMILES string of the molecule is O=C(/C=C/c1ccc([N+](=O)[O-])cc1)Nc1nc(-c2ccc3c(c2)OCO3)cs1. The Bertz CT molecular complexity index is 1080. The van der Waals surface area contributed by atoms with Gasteiger partial charge in [-0.15, -0.1) is 11.3 Å². The van der Waals surface area contributed by atoms with Crippen LogP contribution in [0, 0.1) is 10.1 Å². The van der Waals surface area contributed by atoms with Gasteiger partial charge in [-0.3, -0.25) is 20.2 Å². The fourth-order valence-corrected chi connectivity index (χ4v) is 3.27. The number of thiazole rings is 1. The maximum absolute atomic E-state index is 12.1. The van der Waals surface area contributed by atoms with Crippen LogP contribution < -0.4 is 14.8 Å². The number of nitrogens with one attached hydrogen (secondary N) is 1. The van der Waals surface area contributed by atoms with E-state index in [0.29, 0.717) is 22.2 Å². The lowest BCUT2D eigenvalue weighted by Gasteiger charge is -2.00. The lowest BCUT2D eigenvalue weighted by molar-refractivity contribution is -0.384. The predicted octanol–water partition coefficient (Wildman–Crippen LogP) is 4.10. The summed E-state index contributed by atoms with van der Waals surface area (Å²) in [6.07, 6.45) is 2.92. The average Bonchev–Trinajstić information content (AvgIpc) is 3.35. The molecule has 2 heterocycles. The number of carbonyl (C=O) groups is 1. The molecule has 0 radical (unpaired) electrons. The predicted molar refractivity (Wildman–Crippen MR) is 104 cm³/mol. The number of anilines is 1. The second kappa shape index (κ2) is 7.49. The number of nitro groups is 1. The van der Waals surface area contributed by atoms with Crippen molar-refractivity contribution in [3.05, 3.63) is 69.6 Å². The van der Waals surface area contributed by atoms with Gasteiger partial charge in [-0.25, -0.2) is 4.98 Å². The van der Waals surface area contributed by atoms with Crippen LogP contribution in [0.4, 0.5) is 10.8 Å². The normalized spacial score (nSPS) is 12.3. The molecule has 0 atom stereocenters. The van der Waals surface area contributed by atoms with Crippen molar-refractivity contribution in [2.75, 3.05) is 12.1 Å². The Balaban J connectivity index is 1.40. The van der Waals surface area contributed by atoms with Gasteiger partial charge in [0.15, 0.2) is 16.6 Å². The van der Waals surface area contributed by atoms with Crippen molar-refractivity contribution in [2.24, 2.45) is 0 Å². The molecule has 0 bridgehead atoms. The standard InChI is InChI=1S/C19H13N3O5S/c23-18(8-3-12-1-5-14(6-2-12)22(24)25)21-19-20-15(10-28-19)13-4-7-16-17(9-13)27-11-26-16/h1-10H,11H2,(H,20,21,23)/b8-3+. The highest BCUT2D eigenvalue weighted by molar-refractivity contribution is 7.14. The van der Waals surface area contributed by atoms with E-state index >= 15 is 0 Å². The molecule has 28 heavy (non-hydrogen) atoms. The van der Waals surface area contributed by atoms with E-state index in [2.05, 4.69) is 10.3 Å². The molecular formula is C19H13N3O5S. The quantitative estimate of drug-likeness (QED) is 0.396. The Kier molecular flexibility index (Phi) is 4.73. The van der Waals surface area contributed by atoms with Gasteiger partial charge in [-0.1, -0.05) is 0 Å². The summed E-state index contributed by atoms with van der Waals surface area (Å²) < 4.78 is 10.7. The number of benzene rings is 2. The number of ether oxygens (including phenoxy) is 2. The molecule has 4 rings (SSSR count). The van der Waals surface area contributed by atoms with Crippen LogP contribution in [0.2, 0.25) is 0 Å². The van der Waals surface area contributed by atoms with Crippen LogP contribution in [0.15, 0.2) is 53.9 Å². The average molecular weight is 395 g/mol. The topological polar surface area (TPSA) is 104 Å². The largest absolute Gasteiger partial charge is 0.454 e. The molecule has 140 valence electrons. The Hall–Kier alpha value is -3.72. The van der Waals surface area contributed by atoms with E-state index < -0.39 is 4.92 Å². The molecule has 0 saturated heterocycles. The maximum atomic E-state index is 12.1. The number of nitro benzene ring substituents is 1. The number of fused-ring (bicyclic) bond motifs is 1. The minimum Gasteiger partial charge on any atom is -0.454 e. The lowest BCUT2D eigenvalue weighted by Crippen LogP contribution is -2.07. The highest BCUT2D eigenvalue weighted by Gasteiger charge is 2.15. The number of amides is 1. The molecule has 1 N–H and O–H groups in total. The number of hydrogen-bond acceptors (Lipinski definition) is 7. The number of hydrogen-bond donors (Lipinski definition) is 1. The second-order valence-corrected chi connectivity index (χ2v) is 6.64. The third-order valence-electron chi connectivity index (χ3n) is 3.93. The van der Waals surface area contributed by atoms with Crippen molar-refractivity contribution in [1.29, 1.82) is 0 Å². The Morgan fingerprint density at radius 2 is 1.96 bits per heavy atom. The molecule has 3 aromatic rings. The van der Waals surface area contributed by atoms with Crippen LogP contribution in [0.25, 0.3) is 17.3 Å². The molecular weight excluding hydrogens is 382 g/mol. The van der Waals surface area contributed by atoms with Gasteiger partial charge < -0.3 is 9.47 Å². The van der Waals surface area contributed by atoms with E-state index in [0.717, 1.165) is 11.3 Å². The lowest BCUT2D eigenvalue weighted by atomic mass is 10.1. The summed E-state index contributed by atoms with van der Waals surface area (Å²) in [5, 5.41) is 15.7. The van der Waals surface area contributed by atoms with Crippen molar-refractivity contribution in [3.8, 4) is 22.8 Å². The van der Waals surface area contributed by atoms with Crippen molar-refractivity contribution in [3.63, 3.8) is 0 Å². The fourth-order valence-electron chi connectivity index (χ4n) is 2.55. The minimum absolute atomic E-state index is 0.000402. The van der Waals surface area contributed by atoms with Gasteiger partial charge in [-0.2, -0.15) is 0 Å². The van der Waals surface area contributed by atoms with Gasteiger partial charge in [-0.05, 0) is 42.0 Å². The molecule has 0 fully saturated rings. The zero-order valence-electron chi connectivity index (χ0n) is 14.3. The van der Waals surface area contributed by atoms with Crippen LogP contribution in [0.1, 0.15) is 5.56 Å². The van der Waals surface area contributed by atoms with Gasteiger partial charge in [0.1, 0.15) is 0 Å². The van der Waals surface area contributed by atoms with Crippen LogP contribution in [0.3, 0.4) is 0 Å². The summed E-state index contributed by atoms with van der Waals surface area (Å²) in [5.74, 6) is 1.02. The van der Waals surface area contributed by atoms with Crippen molar-refractivity contribution in [1.82, 2.24) is 4.98 Å². The first-order valence-electron chi connectivity index (χ1n) is 8.17. The molecule has 2 aromatic carbocycles. The summed E-state index contributed by atoms with van der Waals surface area (Å²) >= 11 is 1.31. The van der Waals surface area contributed by atoms with Gasteiger partial charge in [0.2, 0.25) is 12.7 Å². The van der Waals surface area contributed by atoms with Crippen LogP contribution in [-0.4, -0.2) is 22.6 Å². The van der Waals surface area contributed by atoms with Crippen LogP contribution in [0.5, 0.6) is 11.5 Å². The van der Waals surface area contributed by atoms with Gasteiger partial charge in [0.25, 0.3) is 5.69 Å². The molecule has 1 amide bonds.